The highest BCUT2D eigenvalue weighted by Crippen LogP contribution is 2.16. The second kappa shape index (κ2) is 16.2. The van der Waals surface area contributed by atoms with Gasteiger partial charge in [-0.25, -0.2) is 14.5 Å². The van der Waals surface area contributed by atoms with E-state index in [0.29, 0.717) is 23.3 Å². The number of nitrogens with one attached hydrogen (secondary N) is 3. The van der Waals surface area contributed by atoms with Crippen molar-refractivity contribution in [3.8, 4) is 0 Å². The summed E-state index contributed by atoms with van der Waals surface area (Å²) in [6.07, 6.45) is -0.0213. The van der Waals surface area contributed by atoms with Crippen LogP contribution in [0.2, 0.25) is 0 Å². The number of imide groups is 1. The molecule has 0 spiro atoms. The van der Waals surface area contributed by atoms with Crippen LogP contribution in [0.15, 0.2) is 30.3 Å². The molecule has 1 saturated heterocycles. The molecule has 1 aromatic rings. The van der Waals surface area contributed by atoms with Crippen LogP contribution in [0.25, 0.3) is 0 Å². The monoisotopic (exact) mass is 563 g/mol. The van der Waals surface area contributed by atoms with Gasteiger partial charge in [-0.1, -0.05) is 30.3 Å². The van der Waals surface area contributed by atoms with E-state index in [0.717, 1.165) is 7.11 Å². The van der Waals surface area contributed by atoms with Crippen molar-refractivity contribution < 1.29 is 43.3 Å². The highest BCUT2D eigenvalue weighted by Gasteiger charge is 2.40. The Balaban J connectivity index is 2.34. The average Bonchev–Trinajstić information content (AvgIpc) is 3.40. The predicted octanol–water partition coefficient (Wildman–Crippen LogP) is -0.917. The van der Waals surface area contributed by atoms with E-state index in [2.05, 4.69) is 20.7 Å². The maximum Gasteiger partial charge on any atom is 0.417 e. The minimum atomic E-state index is -1.48. The third-order valence-corrected chi connectivity index (χ3v) is 6.21. The second-order valence-corrected chi connectivity index (χ2v) is 9.20. The number of unbranched alkanes of at least 4 members (excludes halogenated alkanes) is 1. The first kappa shape index (κ1) is 32.2. The molecule has 40 heavy (non-hydrogen) atoms. The van der Waals surface area contributed by atoms with E-state index in [9.17, 15) is 33.9 Å². The van der Waals surface area contributed by atoms with Crippen molar-refractivity contribution in [1.82, 2.24) is 20.9 Å². The summed E-state index contributed by atoms with van der Waals surface area (Å²) in [6, 6.07) is 3.57. The zero-order valence-corrected chi connectivity index (χ0v) is 22.6. The van der Waals surface area contributed by atoms with Gasteiger partial charge in [0.25, 0.3) is 5.91 Å². The van der Waals surface area contributed by atoms with E-state index in [-0.39, 0.29) is 38.3 Å². The van der Waals surface area contributed by atoms with Gasteiger partial charge in [0.05, 0.1) is 13.7 Å². The zero-order chi connectivity index (χ0) is 29.7. The maximum atomic E-state index is 13.6. The molecular formula is C26H37N5O9. The number of ether oxygens (including phenoxy) is 2. The van der Waals surface area contributed by atoms with Crippen molar-refractivity contribution in [3.63, 3.8) is 0 Å². The molecule has 14 heteroatoms. The van der Waals surface area contributed by atoms with Crippen LogP contribution in [-0.2, 0) is 40.1 Å². The Labute approximate surface area is 231 Å². The molecule has 1 aliphatic rings. The van der Waals surface area contributed by atoms with Gasteiger partial charge in [-0.15, -0.1) is 0 Å². The molecule has 220 valence electrons. The van der Waals surface area contributed by atoms with Crippen LogP contribution in [0.3, 0.4) is 0 Å². The molecule has 0 aliphatic carbocycles. The minimum absolute atomic E-state index is 0.0477. The van der Waals surface area contributed by atoms with Gasteiger partial charge in [0.2, 0.25) is 17.7 Å². The van der Waals surface area contributed by atoms with E-state index in [4.69, 9.17) is 10.5 Å². The number of benzene rings is 1. The number of hydrogen-bond donors (Lipinski definition) is 5. The molecule has 0 unspecified atom stereocenters. The number of carbonyl (C=O) groups excluding carboxylic acids is 6. The molecule has 1 aliphatic heterocycles. The van der Waals surface area contributed by atoms with Crippen LogP contribution in [-0.4, -0.2) is 90.1 Å². The van der Waals surface area contributed by atoms with Crippen molar-refractivity contribution >= 4 is 35.7 Å². The Morgan fingerprint density at radius 1 is 1.15 bits per heavy atom. The lowest BCUT2D eigenvalue weighted by Gasteiger charge is -2.31. The summed E-state index contributed by atoms with van der Waals surface area (Å²) in [4.78, 5) is 77.0. The first-order chi connectivity index (χ1) is 19.1. The Morgan fingerprint density at radius 3 is 2.42 bits per heavy atom. The van der Waals surface area contributed by atoms with Crippen molar-refractivity contribution in [2.45, 2.75) is 69.8 Å². The van der Waals surface area contributed by atoms with E-state index in [1.807, 2.05) is 0 Å². The van der Waals surface area contributed by atoms with Crippen LogP contribution >= 0.6 is 0 Å². The third kappa shape index (κ3) is 9.31. The largest absolute Gasteiger partial charge is 0.467 e. The van der Waals surface area contributed by atoms with E-state index < -0.39 is 60.6 Å². The summed E-state index contributed by atoms with van der Waals surface area (Å²) < 4.78 is 9.95. The second-order valence-electron chi connectivity index (χ2n) is 9.20. The standard InChI is InChI=1S/C26H37N5O9/c1-16(28-22(34)18-11-12-21(33)29-18)24(36)31(26(38)40-15-17-8-4-3-5-9-17)20(10-6-7-13-27)23(35)30-19(14-32)25(37)39-2/h3-5,8-9,16,18-20,32H,6-7,10-15,27H2,1-2H3,(H,28,34)(H,29,33)(H,30,35)/t16-,18-,19-,20-/m0/s1. The Kier molecular flexibility index (Phi) is 13.0. The Morgan fingerprint density at radius 2 is 1.85 bits per heavy atom. The van der Waals surface area contributed by atoms with Crippen molar-refractivity contribution in [2.75, 3.05) is 20.3 Å². The summed E-state index contributed by atoms with van der Waals surface area (Å²) in [5.74, 6) is -3.74. The van der Waals surface area contributed by atoms with Crippen LogP contribution in [0.1, 0.15) is 44.6 Å². The van der Waals surface area contributed by atoms with Gasteiger partial charge >= 0.3 is 12.1 Å². The van der Waals surface area contributed by atoms with Crippen molar-refractivity contribution in [2.24, 2.45) is 5.73 Å². The summed E-state index contributed by atoms with van der Waals surface area (Å²) in [7, 11) is 1.07. The number of esters is 1. The zero-order valence-electron chi connectivity index (χ0n) is 22.6. The van der Waals surface area contributed by atoms with Crippen LogP contribution in [0.5, 0.6) is 0 Å². The normalized spacial score (nSPS) is 16.6. The maximum absolute atomic E-state index is 13.6. The summed E-state index contributed by atoms with van der Waals surface area (Å²) in [6.45, 7) is 0.604. The topological polar surface area (TPSA) is 206 Å². The molecule has 14 nitrogen and oxygen atoms in total. The molecule has 0 bridgehead atoms. The number of methoxy groups -OCH3 is 1. The number of carbonyl (C=O) groups is 6. The van der Waals surface area contributed by atoms with Gasteiger partial charge in [0, 0.05) is 6.42 Å². The van der Waals surface area contributed by atoms with Gasteiger partial charge < -0.3 is 36.3 Å². The molecule has 0 radical (unpaired) electrons. The molecule has 0 saturated carbocycles. The number of amides is 5. The van der Waals surface area contributed by atoms with E-state index in [1.54, 1.807) is 30.3 Å². The van der Waals surface area contributed by atoms with Crippen molar-refractivity contribution in [1.29, 1.82) is 0 Å². The fourth-order valence-corrected chi connectivity index (χ4v) is 4.00. The van der Waals surface area contributed by atoms with Crippen LogP contribution in [0, 0.1) is 0 Å². The molecule has 6 N–H and O–H groups in total. The molecule has 4 atom stereocenters. The molecule has 1 heterocycles. The summed E-state index contributed by atoms with van der Waals surface area (Å²) >= 11 is 0. The highest BCUT2D eigenvalue weighted by atomic mass is 16.6. The molecule has 0 aromatic heterocycles. The number of aliphatic hydroxyl groups excluding tert-OH is 1. The number of rotatable bonds is 14. The van der Waals surface area contributed by atoms with E-state index in [1.165, 1.54) is 6.92 Å². The summed E-state index contributed by atoms with van der Waals surface area (Å²) in [5.41, 5.74) is 6.21. The van der Waals surface area contributed by atoms with Gasteiger partial charge in [-0.3, -0.25) is 19.2 Å². The number of hydrogen-bond acceptors (Lipinski definition) is 10. The first-order valence-corrected chi connectivity index (χ1v) is 13.0. The fourth-order valence-electron chi connectivity index (χ4n) is 4.00. The highest BCUT2D eigenvalue weighted by molar-refractivity contribution is 6.02. The van der Waals surface area contributed by atoms with Gasteiger partial charge in [0.1, 0.15) is 24.7 Å². The van der Waals surface area contributed by atoms with E-state index >= 15 is 0 Å². The molecular weight excluding hydrogens is 526 g/mol. The number of aliphatic hydroxyl groups is 1. The number of nitrogens with zero attached hydrogens (tertiary/aromatic N) is 1. The smallest absolute Gasteiger partial charge is 0.417 e. The first-order valence-electron chi connectivity index (χ1n) is 13.0. The third-order valence-electron chi connectivity index (χ3n) is 6.21. The number of nitrogens with two attached hydrogens (primary N) is 1. The molecule has 1 fully saturated rings. The Hall–Kier alpha value is -4.04. The molecule has 5 amide bonds. The molecule has 2 rings (SSSR count). The summed E-state index contributed by atoms with van der Waals surface area (Å²) in [5, 5.41) is 16.8. The van der Waals surface area contributed by atoms with Gasteiger partial charge in [-0.05, 0) is 44.7 Å². The lowest BCUT2D eigenvalue weighted by Crippen LogP contribution is -2.60. The SMILES string of the molecule is COC(=O)[C@H](CO)NC(=O)[C@H](CCCCN)N(C(=O)OCc1ccccc1)C(=O)[C@H](C)NC(=O)[C@@H]1CCC(=O)N1. The van der Waals surface area contributed by atoms with Crippen LogP contribution in [0.4, 0.5) is 4.79 Å². The lowest BCUT2D eigenvalue weighted by molar-refractivity contribution is -0.148. The van der Waals surface area contributed by atoms with Crippen LogP contribution < -0.4 is 21.7 Å². The molecule has 1 aromatic carbocycles. The minimum Gasteiger partial charge on any atom is -0.467 e. The Bertz CT molecular complexity index is 1050. The van der Waals surface area contributed by atoms with Gasteiger partial charge in [0.15, 0.2) is 6.04 Å². The quantitative estimate of drug-likeness (QED) is 0.139. The lowest BCUT2D eigenvalue weighted by atomic mass is 10.1. The predicted molar refractivity (Wildman–Crippen MR) is 140 cm³/mol. The average molecular weight is 564 g/mol. The van der Waals surface area contributed by atoms with Crippen molar-refractivity contribution in [3.05, 3.63) is 35.9 Å². The fraction of sp³-hybridized carbons (Fsp3) is 0.538. The van der Waals surface area contributed by atoms with Gasteiger partial charge in [-0.2, -0.15) is 0 Å².